The van der Waals surface area contributed by atoms with Crippen molar-refractivity contribution in [2.24, 2.45) is 16.8 Å². The quantitative estimate of drug-likeness (QED) is 0.227. The number of aromatic nitrogens is 3. The van der Waals surface area contributed by atoms with Gasteiger partial charge >= 0.3 is 5.97 Å². The van der Waals surface area contributed by atoms with Crippen LogP contribution in [0.4, 0.5) is 17.3 Å². The van der Waals surface area contributed by atoms with Gasteiger partial charge in [0.1, 0.15) is 29.1 Å². The SMILES string of the molecule is C/C(N)=N\OC(=O)c1cnc(Nc2cnc(C#N)cn2)cc1NCC1CCNCC1. The van der Waals surface area contributed by atoms with Crippen LogP contribution < -0.4 is 21.7 Å². The largest absolute Gasteiger partial charge is 0.385 e. The minimum absolute atomic E-state index is 0.137. The second kappa shape index (κ2) is 10.1. The van der Waals surface area contributed by atoms with Crippen molar-refractivity contribution < 1.29 is 9.63 Å². The van der Waals surface area contributed by atoms with Crippen LogP contribution in [0.2, 0.25) is 0 Å². The predicted molar refractivity (Wildman–Crippen MR) is 111 cm³/mol. The van der Waals surface area contributed by atoms with Crippen LogP contribution in [0.5, 0.6) is 0 Å². The first-order valence-electron chi connectivity index (χ1n) is 9.50. The summed E-state index contributed by atoms with van der Waals surface area (Å²) in [6, 6.07) is 3.60. The molecule has 1 saturated heterocycles. The fraction of sp³-hybridized carbons (Fsp3) is 0.368. The number of piperidine rings is 1. The number of oxime groups is 1. The molecule has 0 saturated carbocycles. The molecule has 0 atom stereocenters. The molecule has 0 amide bonds. The molecule has 5 N–H and O–H groups in total. The average Bonchev–Trinajstić information content (AvgIpc) is 2.77. The van der Waals surface area contributed by atoms with Crippen molar-refractivity contribution in [2.45, 2.75) is 19.8 Å². The van der Waals surface area contributed by atoms with E-state index in [0.29, 0.717) is 29.8 Å². The van der Waals surface area contributed by atoms with Gasteiger partial charge in [0, 0.05) is 18.8 Å². The van der Waals surface area contributed by atoms with E-state index in [9.17, 15) is 4.79 Å². The van der Waals surface area contributed by atoms with Gasteiger partial charge < -0.3 is 26.5 Å². The van der Waals surface area contributed by atoms with Crippen LogP contribution in [-0.2, 0) is 4.84 Å². The number of nitrogens with zero attached hydrogens (tertiary/aromatic N) is 5. The monoisotopic (exact) mass is 409 g/mol. The molecule has 0 bridgehead atoms. The first-order chi connectivity index (χ1) is 14.5. The Balaban J connectivity index is 1.79. The Morgan fingerprint density at radius 3 is 2.73 bits per heavy atom. The van der Waals surface area contributed by atoms with Gasteiger partial charge in [-0.3, -0.25) is 0 Å². The topological polar surface area (TPSA) is 163 Å². The molecule has 2 aromatic rings. The maximum Gasteiger partial charge on any atom is 0.369 e. The van der Waals surface area contributed by atoms with Crippen molar-refractivity contribution in [1.82, 2.24) is 20.3 Å². The fourth-order valence-corrected chi connectivity index (χ4v) is 2.92. The maximum atomic E-state index is 12.4. The van der Waals surface area contributed by atoms with Gasteiger partial charge in [-0.25, -0.2) is 19.7 Å². The second-order valence-corrected chi connectivity index (χ2v) is 6.82. The molecule has 3 heterocycles. The zero-order chi connectivity index (χ0) is 21.3. The molecule has 0 spiro atoms. The number of carbonyl (C=O) groups is 1. The van der Waals surface area contributed by atoms with E-state index < -0.39 is 5.97 Å². The van der Waals surface area contributed by atoms with Gasteiger partial charge in [-0.15, -0.1) is 0 Å². The van der Waals surface area contributed by atoms with Crippen molar-refractivity contribution in [2.75, 3.05) is 30.3 Å². The number of amidine groups is 1. The number of pyridine rings is 1. The van der Waals surface area contributed by atoms with Gasteiger partial charge in [0.15, 0.2) is 5.69 Å². The van der Waals surface area contributed by atoms with E-state index in [4.69, 9.17) is 15.8 Å². The lowest BCUT2D eigenvalue weighted by molar-refractivity contribution is 0.0516. The molecule has 30 heavy (non-hydrogen) atoms. The van der Waals surface area contributed by atoms with E-state index in [0.717, 1.165) is 25.9 Å². The van der Waals surface area contributed by atoms with Crippen molar-refractivity contribution in [1.29, 1.82) is 5.26 Å². The summed E-state index contributed by atoms with van der Waals surface area (Å²) in [7, 11) is 0. The summed E-state index contributed by atoms with van der Waals surface area (Å²) in [5.74, 6) is 0.845. The van der Waals surface area contributed by atoms with Crippen molar-refractivity contribution in [3.05, 3.63) is 35.9 Å². The van der Waals surface area contributed by atoms with Crippen LogP contribution >= 0.6 is 0 Å². The second-order valence-electron chi connectivity index (χ2n) is 6.82. The summed E-state index contributed by atoms with van der Waals surface area (Å²) in [5.41, 5.74) is 6.45. The third kappa shape index (κ3) is 5.86. The highest BCUT2D eigenvalue weighted by atomic mass is 16.7. The Hall–Kier alpha value is -3.78. The summed E-state index contributed by atoms with van der Waals surface area (Å²) < 4.78 is 0. The molecule has 0 aliphatic carbocycles. The smallest absolute Gasteiger partial charge is 0.369 e. The lowest BCUT2D eigenvalue weighted by Gasteiger charge is -2.23. The first kappa shape index (κ1) is 20.9. The van der Waals surface area contributed by atoms with E-state index in [1.807, 2.05) is 6.07 Å². The molecule has 11 nitrogen and oxygen atoms in total. The summed E-state index contributed by atoms with van der Waals surface area (Å²) in [6.45, 7) is 4.19. The number of nitriles is 1. The van der Waals surface area contributed by atoms with Crippen molar-refractivity contribution in [3.63, 3.8) is 0 Å². The number of anilines is 3. The third-order valence-electron chi connectivity index (χ3n) is 4.46. The Morgan fingerprint density at radius 1 is 1.30 bits per heavy atom. The third-order valence-corrected chi connectivity index (χ3v) is 4.46. The zero-order valence-electron chi connectivity index (χ0n) is 16.6. The molecule has 1 aliphatic heterocycles. The first-order valence-corrected chi connectivity index (χ1v) is 9.50. The predicted octanol–water partition coefficient (Wildman–Crippen LogP) is 1.35. The summed E-state index contributed by atoms with van der Waals surface area (Å²) >= 11 is 0. The van der Waals surface area contributed by atoms with Crippen LogP contribution in [0.1, 0.15) is 35.8 Å². The molecule has 11 heteroatoms. The van der Waals surface area contributed by atoms with Gasteiger partial charge in [0.05, 0.1) is 18.1 Å². The lowest BCUT2D eigenvalue weighted by atomic mass is 9.98. The van der Waals surface area contributed by atoms with E-state index >= 15 is 0 Å². The summed E-state index contributed by atoms with van der Waals surface area (Å²) in [6.07, 6.45) is 6.30. The van der Waals surface area contributed by atoms with Crippen molar-refractivity contribution >= 4 is 29.1 Å². The van der Waals surface area contributed by atoms with Gasteiger partial charge in [-0.2, -0.15) is 5.26 Å². The number of carbonyl (C=O) groups excluding carboxylic acids is 1. The van der Waals surface area contributed by atoms with Crippen LogP contribution in [0, 0.1) is 17.2 Å². The molecular formula is C19H23N9O2. The van der Waals surface area contributed by atoms with Gasteiger partial charge in [0.25, 0.3) is 0 Å². The van der Waals surface area contributed by atoms with Crippen LogP contribution in [0.15, 0.2) is 29.8 Å². The molecule has 3 rings (SSSR count). The molecule has 0 aromatic carbocycles. The Morgan fingerprint density at radius 2 is 2.07 bits per heavy atom. The van der Waals surface area contributed by atoms with E-state index in [1.54, 1.807) is 6.07 Å². The molecular weight excluding hydrogens is 386 g/mol. The Kier molecular flexibility index (Phi) is 7.07. The molecule has 1 aliphatic rings. The Labute approximate surface area is 173 Å². The summed E-state index contributed by atoms with van der Waals surface area (Å²) in [4.78, 5) is 29.6. The maximum absolute atomic E-state index is 12.4. The van der Waals surface area contributed by atoms with Crippen LogP contribution in [0.3, 0.4) is 0 Å². The van der Waals surface area contributed by atoms with Crippen molar-refractivity contribution in [3.8, 4) is 6.07 Å². The van der Waals surface area contributed by atoms with E-state index in [-0.39, 0.29) is 17.1 Å². The number of nitrogens with one attached hydrogen (secondary N) is 3. The average molecular weight is 409 g/mol. The highest BCUT2D eigenvalue weighted by molar-refractivity contribution is 5.96. The standard InChI is InChI=1S/C19H23N9O2/c1-12(21)28-30-19(29)15-10-26-17(27-18-11-23-14(7-20)9-25-18)6-16(15)24-8-13-2-4-22-5-3-13/h6,9-11,13,22H,2-5,8H2,1H3,(H2,21,28)(H2,24,25,26,27). The highest BCUT2D eigenvalue weighted by Crippen LogP contribution is 2.23. The minimum atomic E-state index is -0.662. The summed E-state index contributed by atoms with van der Waals surface area (Å²) in [5, 5.41) is 22.0. The lowest BCUT2D eigenvalue weighted by Crippen LogP contribution is -2.31. The van der Waals surface area contributed by atoms with Crippen LogP contribution in [0.25, 0.3) is 0 Å². The number of rotatable bonds is 7. The molecule has 0 radical (unpaired) electrons. The van der Waals surface area contributed by atoms with E-state index in [2.05, 4.69) is 36.1 Å². The van der Waals surface area contributed by atoms with Gasteiger partial charge in [-0.05, 0) is 38.8 Å². The fourth-order valence-electron chi connectivity index (χ4n) is 2.92. The molecule has 0 unspecified atom stereocenters. The zero-order valence-corrected chi connectivity index (χ0v) is 16.6. The number of hydrogen-bond donors (Lipinski definition) is 4. The van der Waals surface area contributed by atoms with Crippen LogP contribution in [-0.4, -0.2) is 46.4 Å². The van der Waals surface area contributed by atoms with E-state index in [1.165, 1.54) is 25.5 Å². The number of hydrogen-bond acceptors (Lipinski definition) is 10. The minimum Gasteiger partial charge on any atom is -0.385 e. The number of nitrogens with two attached hydrogens (primary N) is 1. The molecule has 1 fully saturated rings. The normalized spacial score (nSPS) is 14.6. The van der Waals surface area contributed by atoms with Gasteiger partial charge in [-0.1, -0.05) is 5.16 Å². The van der Waals surface area contributed by atoms with Gasteiger partial charge in [0.2, 0.25) is 0 Å². The highest BCUT2D eigenvalue weighted by Gasteiger charge is 2.18. The molecule has 156 valence electrons. The Bertz CT molecular complexity index is 943. The molecule has 2 aromatic heterocycles.